The second-order valence-electron chi connectivity index (χ2n) is 6.37. The number of benzene rings is 2. The van der Waals surface area contributed by atoms with Crippen LogP contribution in [0.25, 0.3) is 16.7 Å². The van der Waals surface area contributed by atoms with Crippen LogP contribution >= 0.6 is 23.4 Å². The lowest BCUT2D eigenvalue weighted by atomic mass is 10.2. The molecule has 0 saturated carbocycles. The van der Waals surface area contributed by atoms with Crippen LogP contribution in [0, 0.1) is 5.82 Å². The van der Waals surface area contributed by atoms with Crippen LogP contribution in [0.3, 0.4) is 0 Å². The summed E-state index contributed by atoms with van der Waals surface area (Å²) in [5.74, 6) is -0.647. The molecule has 7 nitrogen and oxygen atoms in total. The predicted molar refractivity (Wildman–Crippen MR) is 111 cm³/mol. The number of rotatable bonds is 4. The molecule has 1 atom stereocenters. The molecule has 1 N–H and O–H groups in total. The number of hydrogen-bond acceptors (Lipinski definition) is 5. The fourth-order valence-electron chi connectivity index (χ4n) is 2.92. The molecule has 1 amide bonds. The van der Waals surface area contributed by atoms with Crippen LogP contribution in [-0.4, -0.2) is 30.3 Å². The smallest absolute Gasteiger partial charge is 0.262 e. The van der Waals surface area contributed by atoms with Gasteiger partial charge in [0.05, 0.1) is 21.8 Å². The minimum atomic E-state index is -0.614. The Kier molecular flexibility index (Phi) is 5.01. The Morgan fingerprint density at radius 2 is 2.00 bits per heavy atom. The van der Waals surface area contributed by atoms with E-state index in [1.165, 1.54) is 16.7 Å². The van der Waals surface area contributed by atoms with Gasteiger partial charge in [-0.3, -0.25) is 18.6 Å². The molecule has 2 aromatic heterocycles. The molecule has 10 heteroatoms. The van der Waals surface area contributed by atoms with Crippen molar-refractivity contribution in [3.05, 3.63) is 63.7 Å². The first-order valence-corrected chi connectivity index (χ1v) is 9.88. The molecule has 4 aromatic rings. The lowest BCUT2D eigenvalue weighted by Gasteiger charge is -2.12. The van der Waals surface area contributed by atoms with Gasteiger partial charge in [-0.25, -0.2) is 4.39 Å². The normalized spacial score (nSPS) is 12.4. The fourth-order valence-corrected chi connectivity index (χ4v) is 3.94. The highest BCUT2D eigenvalue weighted by Gasteiger charge is 2.21. The van der Waals surface area contributed by atoms with Crippen molar-refractivity contribution in [2.45, 2.75) is 17.3 Å². The van der Waals surface area contributed by atoms with Crippen molar-refractivity contribution in [2.24, 2.45) is 7.05 Å². The van der Waals surface area contributed by atoms with E-state index in [4.69, 9.17) is 11.6 Å². The van der Waals surface area contributed by atoms with Crippen molar-refractivity contribution in [3.8, 4) is 0 Å². The van der Waals surface area contributed by atoms with E-state index in [9.17, 15) is 14.0 Å². The Morgan fingerprint density at radius 3 is 2.76 bits per heavy atom. The fraction of sp³-hybridized carbons (Fsp3) is 0.158. The van der Waals surface area contributed by atoms with Crippen LogP contribution in [0.15, 0.2) is 52.4 Å². The molecule has 29 heavy (non-hydrogen) atoms. The number of carbonyl (C=O) groups is 1. The maximum Gasteiger partial charge on any atom is 0.262 e. The third-order valence-electron chi connectivity index (χ3n) is 4.44. The topological polar surface area (TPSA) is 81.3 Å². The van der Waals surface area contributed by atoms with Gasteiger partial charge >= 0.3 is 0 Å². The van der Waals surface area contributed by atoms with Crippen LogP contribution in [0.4, 0.5) is 10.1 Å². The van der Waals surface area contributed by atoms with Gasteiger partial charge in [-0.15, -0.1) is 10.2 Å². The van der Waals surface area contributed by atoms with E-state index in [0.717, 1.165) is 17.8 Å². The second-order valence-corrected chi connectivity index (χ2v) is 8.12. The van der Waals surface area contributed by atoms with Gasteiger partial charge in [0, 0.05) is 12.1 Å². The van der Waals surface area contributed by atoms with E-state index in [0.29, 0.717) is 21.8 Å². The molecule has 0 aliphatic heterocycles. The molecule has 2 aromatic carbocycles. The standard InChI is InChI=1S/C19H15ClFN5O2S/c1-10(16(27)22-14-8-7-11(20)9-13(14)21)29-19-24-23-18-25(2)17(28)12-5-3-4-6-15(12)26(18)19/h3-10H,1-2H3,(H,22,27). The van der Waals surface area contributed by atoms with Crippen LogP contribution in [0.5, 0.6) is 0 Å². The predicted octanol–water partition coefficient (Wildman–Crippen LogP) is 3.49. The van der Waals surface area contributed by atoms with Gasteiger partial charge in [0.1, 0.15) is 5.82 Å². The number of aromatic nitrogens is 4. The summed E-state index contributed by atoms with van der Waals surface area (Å²) in [6.07, 6.45) is 0. The highest BCUT2D eigenvalue weighted by atomic mass is 35.5. The summed E-state index contributed by atoms with van der Waals surface area (Å²) >= 11 is 6.90. The van der Waals surface area contributed by atoms with Crippen molar-refractivity contribution >= 4 is 51.6 Å². The molecule has 0 spiro atoms. The number of carbonyl (C=O) groups excluding carboxylic acids is 1. The maximum atomic E-state index is 14.0. The summed E-state index contributed by atoms with van der Waals surface area (Å²) in [5, 5.41) is 11.4. The summed E-state index contributed by atoms with van der Waals surface area (Å²) in [6.45, 7) is 1.68. The Balaban J connectivity index is 1.67. The van der Waals surface area contributed by atoms with Crippen molar-refractivity contribution in [1.82, 2.24) is 19.2 Å². The largest absolute Gasteiger partial charge is 0.323 e. The van der Waals surface area contributed by atoms with Crippen LogP contribution in [0.2, 0.25) is 5.02 Å². The Hall–Kier alpha value is -2.91. The van der Waals surface area contributed by atoms with E-state index in [2.05, 4.69) is 15.5 Å². The zero-order chi connectivity index (χ0) is 20.7. The van der Waals surface area contributed by atoms with E-state index >= 15 is 0 Å². The number of nitrogens with one attached hydrogen (secondary N) is 1. The first kappa shape index (κ1) is 19.4. The highest BCUT2D eigenvalue weighted by Crippen LogP contribution is 2.26. The Labute approximate surface area is 173 Å². The molecule has 0 saturated heterocycles. The lowest BCUT2D eigenvalue weighted by Crippen LogP contribution is -2.23. The van der Waals surface area contributed by atoms with Gasteiger partial charge in [0.25, 0.3) is 5.56 Å². The van der Waals surface area contributed by atoms with Crippen LogP contribution in [0.1, 0.15) is 6.92 Å². The number of halogens is 2. The number of fused-ring (bicyclic) bond motifs is 3. The average Bonchev–Trinajstić information content (AvgIpc) is 3.12. The number of aryl methyl sites for hydroxylation is 1. The molecular weight excluding hydrogens is 417 g/mol. The molecule has 0 aliphatic rings. The monoisotopic (exact) mass is 431 g/mol. The SMILES string of the molecule is CC(Sc1nnc2n(C)c(=O)c3ccccc3n12)C(=O)Nc1ccc(Cl)cc1F. The Bertz CT molecular complexity index is 1320. The van der Waals surface area contributed by atoms with Gasteiger partial charge in [-0.05, 0) is 37.3 Å². The summed E-state index contributed by atoms with van der Waals surface area (Å²) in [6, 6.07) is 11.2. The average molecular weight is 432 g/mol. The highest BCUT2D eigenvalue weighted by molar-refractivity contribution is 8.00. The van der Waals surface area contributed by atoms with Gasteiger partial charge in [-0.1, -0.05) is 35.5 Å². The van der Waals surface area contributed by atoms with Gasteiger partial charge < -0.3 is 5.32 Å². The number of thioether (sulfide) groups is 1. The molecule has 2 heterocycles. The van der Waals surface area contributed by atoms with Crippen molar-refractivity contribution in [2.75, 3.05) is 5.32 Å². The summed E-state index contributed by atoms with van der Waals surface area (Å²) in [7, 11) is 1.62. The van der Waals surface area contributed by atoms with Crippen LogP contribution in [-0.2, 0) is 11.8 Å². The molecule has 0 aliphatic carbocycles. The van der Waals surface area contributed by atoms with E-state index in [-0.39, 0.29) is 16.3 Å². The number of hydrogen-bond donors (Lipinski definition) is 1. The van der Waals surface area contributed by atoms with E-state index < -0.39 is 17.0 Å². The van der Waals surface area contributed by atoms with Crippen molar-refractivity contribution in [3.63, 3.8) is 0 Å². The van der Waals surface area contributed by atoms with Gasteiger partial charge in [0.15, 0.2) is 5.16 Å². The molecule has 4 rings (SSSR count). The lowest BCUT2D eigenvalue weighted by molar-refractivity contribution is -0.115. The molecule has 0 fully saturated rings. The second kappa shape index (κ2) is 7.49. The van der Waals surface area contributed by atoms with Gasteiger partial charge in [0.2, 0.25) is 11.7 Å². The molecule has 1 unspecified atom stereocenters. The minimum Gasteiger partial charge on any atom is -0.323 e. The molecule has 0 radical (unpaired) electrons. The first-order chi connectivity index (χ1) is 13.9. The summed E-state index contributed by atoms with van der Waals surface area (Å²) in [5.41, 5.74) is 0.515. The number of amides is 1. The minimum absolute atomic E-state index is 0.0470. The van der Waals surface area contributed by atoms with E-state index in [1.807, 2.05) is 6.07 Å². The van der Waals surface area contributed by atoms with Crippen molar-refractivity contribution < 1.29 is 9.18 Å². The summed E-state index contributed by atoms with van der Waals surface area (Å²) < 4.78 is 17.1. The quantitative estimate of drug-likeness (QED) is 0.500. The zero-order valence-electron chi connectivity index (χ0n) is 15.4. The van der Waals surface area contributed by atoms with Crippen LogP contribution < -0.4 is 10.9 Å². The Morgan fingerprint density at radius 1 is 1.24 bits per heavy atom. The number of anilines is 1. The molecule has 148 valence electrons. The third kappa shape index (κ3) is 3.47. The number of para-hydroxylation sites is 1. The molecule has 0 bridgehead atoms. The maximum absolute atomic E-state index is 14.0. The first-order valence-electron chi connectivity index (χ1n) is 8.62. The number of nitrogens with zero attached hydrogens (tertiary/aromatic N) is 4. The van der Waals surface area contributed by atoms with E-state index in [1.54, 1.807) is 36.6 Å². The molecular formula is C19H15ClFN5O2S. The third-order valence-corrected chi connectivity index (χ3v) is 5.71. The van der Waals surface area contributed by atoms with Crippen molar-refractivity contribution in [1.29, 1.82) is 0 Å². The summed E-state index contributed by atoms with van der Waals surface area (Å²) in [4.78, 5) is 25.1. The zero-order valence-corrected chi connectivity index (χ0v) is 17.0. The van der Waals surface area contributed by atoms with Gasteiger partial charge in [-0.2, -0.15) is 0 Å².